The SMILES string of the molecule is C/C=C(\CO)c1ccc(F)cc1F. The third-order valence-corrected chi connectivity index (χ3v) is 1.80. The summed E-state index contributed by atoms with van der Waals surface area (Å²) < 4.78 is 25.6. The Morgan fingerprint density at radius 2 is 2.15 bits per heavy atom. The Labute approximate surface area is 75.3 Å². The largest absolute Gasteiger partial charge is 0.392 e. The zero-order valence-electron chi connectivity index (χ0n) is 7.22. The topological polar surface area (TPSA) is 20.2 Å². The summed E-state index contributed by atoms with van der Waals surface area (Å²) in [6, 6.07) is 3.28. The summed E-state index contributed by atoms with van der Waals surface area (Å²) in [6.07, 6.45) is 1.59. The van der Waals surface area contributed by atoms with Gasteiger partial charge in [-0.2, -0.15) is 0 Å². The normalized spacial score (nSPS) is 11.8. The van der Waals surface area contributed by atoms with Gasteiger partial charge in [0, 0.05) is 11.6 Å². The summed E-state index contributed by atoms with van der Waals surface area (Å²) in [5.74, 6) is -1.27. The fraction of sp³-hybridized carbons (Fsp3) is 0.200. The van der Waals surface area contributed by atoms with Gasteiger partial charge in [0.05, 0.1) is 6.61 Å². The molecule has 1 aromatic carbocycles. The van der Waals surface area contributed by atoms with E-state index in [0.29, 0.717) is 5.57 Å². The number of halogens is 2. The van der Waals surface area contributed by atoms with Gasteiger partial charge in [-0.05, 0) is 24.6 Å². The molecule has 0 atom stereocenters. The van der Waals surface area contributed by atoms with Gasteiger partial charge >= 0.3 is 0 Å². The molecule has 13 heavy (non-hydrogen) atoms. The maximum Gasteiger partial charge on any atom is 0.133 e. The molecule has 0 fully saturated rings. The van der Waals surface area contributed by atoms with Gasteiger partial charge in [0.25, 0.3) is 0 Å². The van der Waals surface area contributed by atoms with Gasteiger partial charge in [0.15, 0.2) is 0 Å². The third-order valence-electron chi connectivity index (χ3n) is 1.80. The van der Waals surface area contributed by atoms with Crippen LogP contribution in [0.15, 0.2) is 24.3 Å². The Morgan fingerprint density at radius 3 is 2.62 bits per heavy atom. The smallest absolute Gasteiger partial charge is 0.133 e. The molecule has 0 bridgehead atoms. The van der Waals surface area contributed by atoms with Gasteiger partial charge in [0.1, 0.15) is 11.6 Å². The van der Waals surface area contributed by atoms with Crippen LogP contribution < -0.4 is 0 Å². The molecule has 0 aliphatic heterocycles. The number of rotatable bonds is 2. The molecule has 0 heterocycles. The van der Waals surface area contributed by atoms with E-state index in [-0.39, 0.29) is 12.2 Å². The van der Waals surface area contributed by atoms with E-state index in [0.717, 1.165) is 12.1 Å². The summed E-state index contributed by atoms with van der Waals surface area (Å²) in [7, 11) is 0. The molecule has 0 radical (unpaired) electrons. The third kappa shape index (κ3) is 2.12. The molecule has 0 aliphatic rings. The van der Waals surface area contributed by atoms with E-state index in [1.807, 2.05) is 0 Å². The molecular formula is C10H10F2O. The maximum absolute atomic E-state index is 13.1. The molecule has 70 valence electrons. The molecule has 1 nitrogen and oxygen atoms in total. The summed E-state index contributed by atoms with van der Waals surface area (Å²) in [5, 5.41) is 8.84. The first-order chi connectivity index (χ1) is 6.19. The summed E-state index contributed by atoms with van der Waals surface area (Å²) >= 11 is 0. The first kappa shape index (κ1) is 9.86. The molecule has 1 N–H and O–H groups in total. The van der Waals surface area contributed by atoms with Gasteiger partial charge in [-0.1, -0.05) is 6.08 Å². The maximum atomic E-state index is 13.1. The van der Waals surface area contributed by atoms with E-state index in [4.69, 9.17) is 5.11 Å². The number of aliphatic hydroxyl groups excluding tert-OH is 1. The van der Waals surface area contributed by atoms with Crippen molar-refractivity contribution in [2.45, 2.75) is 6.92 Å². The molecule has 0 saturated heterocycles. The molecule has 0 saturated carbocycles. The Kier molecular flexibility index (Phi) is 3.14. The second-order valence-electron chi connectivity index (χ2n) is 2.60. The fourth-order valence-electron chi connectivity index (χ4n) is 1.08. The lowest BCUT2D eigenvalue weighted by atomic mass is 10.1. The Bertz CT molecular complexity index is 332. The van der Waals surface area contributed by atoms with Gasteiger partial charge in [0.2, 0.25) is 0 Å². The van der Waals surface area contributed by atoms with Crippen molar-refractivity contribution in [1.82, 2.24) is 0 Å². The van der Waals surface area contributed by atoms with E-state index < -0.39 is 11.6 Å². The standard InChI is InChI=1S/C10H10F2O/c1-2-7(6-13)9-4-3-8(11)5-10(9)12/h2-5,13H,6H2,1H3/b7-2+. The highest BCUT2D eigenvalue weighted by Gasteiger charge is 2.06. The highest BCUT2D eigenvalue weighted by molar-refractivity contribution is 5.66. The second-order valence-corrected chi connectivity index (χ2v) is 2.60. The van der Waals surface area contributed by atoms with E-state index in [2.05, 4.69) is 0 Å². The average Bonchev–Trinajstić information content (AvgIpc) is 2.10. The average molecular weight is 184 g/mol. The van der Waals surface area contributed by atoms with Crippen LogP contribution in [0.2, 0.25) is 0 Å². The highest BCUT2D eigenvalue weighted by atomic mass is 19.1. The van der Waals surface area contributed by atoms with E-state index in [1.165, 1.54) is 6.07 Å². The monoisotopic (exact) mass is 184 g/mol. The van der Waals surface area contributed by atoms with Gasteiger partial charge in [-0.25, -0.2) is 8.78 Å². The number of aliphatic hydroxyl groups is 1. The highest BCUT2D eigenvalue weighted by Crippen LogP contribution is 2.18. The van der Waals surface area contributed by atoms with Crippen LogP contribution in [0, 0.1) is 11.6 Å². The molecule has 0 unspecified atom stereocenters. The lowest BCUT2D eigenvalue weighted by molar-refractivity contribution is 0.349. The zero-order chi connectivity index (χ0) is 9.84. The Hall–Kier alpha value is -1.22. The van der Waals surface area contributed by atoms with E-state index in [1.54, 1.807) is 13.0 Å². The first-order valence-electron chi connectivity index (χ1n) is 3.90. The van der Waals surface area contributed by atoms with Gasteiger partial charge in [-0.3, -0.25) is 0 Å². The number of allylic oxidation sites excluding steroid dienone is 1. The molecule has 0 aromatic heterocycles. The predicted octanol–water partition coefficient (Wildman–Crippen LogP) is 2.36. The summed E-state index contributed by atoms with van der Waals surface area (Å²) in [4.78, 5) is 0. The predicted molar refractivity (Wildman–Crippen MR) is 47.1 cm³/mol. The van der Waals surface area contributed by atoms with Crippen molar-refractivity contribution in [3.05, 3.63) is 41.5 Å². The van der Waals surface area contributed by atoms with Crippen molar-refractivity contribution >= 4 is 5.57 Å². The van der Waals surface area contributed by atoms with Crippen LogP contribution in [0.1, 0.15) is 12.5 Å². The van der Waals surface area contributed by atoms with Crippen molar-refractivity contribution in [2.24, 2.45) is 0 Å². The second kappa shape index (κ2) is 4.14. The minimum atomic E-state index is -0.651. The zero-order valence-corrected chi connectivity index (χ0v) is 7.22. The number of hydrogen-bond acceptors (Lipinski definition) is 1. The quantitative estimate of drug-likeness (QED) is 0.748. The molecule has 0 spiro atoms. The molecule has 0 amide bonds. The minimum Gasteiger partial charge on any atom is -0.392 e. The van der Waals surface area contributed by atoms with Crippen LogP contribution in [0.3, 0.4) is 0 Å². The molecule has 0 aliphatic carbocycles. The van der Waals surface area contributed by atoms with Crippen LogP contribution in [0.4, 0.5) is 8.78 Å². The lowest BCUT2D eigenvalue weighted by Gasteiger charge is -2.04. The number of hydrogen-bond donors (Lipinski definition) is 1. The summed E-state index contributed by atoms with van der Waals surface area (Å²) in [5.41, 5.74) is 0.698. The van der Waals surface area contributed by atoms with Crippen molar-refractivity contribution in [1.29, 1.82) is 0 Å². The van der Waals surface area contributed by atoms with Crippen LogP contribution in [-0.2, 0) is 0 Å². The summed E-state index contributed by atoms with van der Waals surface area (Å²) in [6.45, 7) is 1.44. The van der Waals surface area contributed by atoms with Gasteiger partial charge < -0.3 is 5.11 Å². The molecule has 1 aromatic rings. The Balaban J connectivity index is 3.15. The van der Waals surface area contributed by atoms with Crippen molar-refractivity contribution in [2.75, 3.05) is 6.61 Å². The van der Waals surface area contributed by atoms with Crippen molar-refractivity contribution < 1.29 is 13.9 Å². The minimum absolute atomic E-state index is 0.242. The van der Waals surface area contributed by atoms with Crippen LogP contribution in [-0.4, -0.2) is 11.7 Å². The molecule has 1 rings (SSSR count). The van der Waals surface area contributed by atoms with E-state index in [9.17, 15) is 8.78 Å². The van der Waals surface area contributed by atoms with Crippen molar-refractivity contribution in [3.8, 4) is 0 Å². The van der Waals surface area contributed by atoms with Crippen LogP contribution in [0.25, 0.3) is 5.57 Å². The van der Waals surface area contributed by atoms with Crippen molar-refractivity contribution in [3.63, 3.8) is 0 Å². The van der Waals surface area contributed by atoms with Crippen LogP contribution >= 0.6 is 0 Å². The van der Waals surface area contributed by atoms with E-state index >= 15 is 0 Å². The Morgan fingerprint density at radius 1 is 1.46 bits per heavy atom. The molecular weight excluding hydrogens is 174 g/mol. The molecule has 3 heteroatoms. The first-order valence-corrected chi connectivity index (χ1v) is 3.90. The van der Waals surface area contributed by atoms with Crippen LogP contribution in [0.5, 0.6) is 0 Å². The number of benzene rings is 1. The lowest BCUT2D eigenvalue weighted by Crippen LogP contribution is -1.94. The fourth-order valence-corrected chi connectivity index (χ4v) is 1.08. The van der Waals surface area contributed by atoms with Gasteiger partial charge in [-0.15, -0.1) is 0 Å².